The maximum absolute atomic E-state index is 11.8. The summed E-state index contributed by atoms with van der Waals surface area (Å²) in [4.78, 5) is 23.5. The summed E-state index contributed by atoms with van der Waals surface area (Å²) in [6, 6.07) is 16.9. The van der Waals surface area contributed by atoms with Crippen LogP contribution in [0.2, 0.25) is 0 Å². The molecular formula is C19H23N3O3. The monoisotopic (exact) mass is 341 g/mol. The first kappa shape index (κ1) is 18.5. The van der Waals surface area contributed by atoms with Crippen molar-refractivity contribution in [3.63, 3.8) is 0 Å². The second-order valence-electron chi connectivity index (χ2n) is 5.56. The van der Waals surface area contributed by atoms with Crippen molar-refractivity contribution < 1.29 is 14.7 Å². The highest BCUT2D eigenvalue weighted by Gasteiger charge is 2.12. The molecule has 2 aromatic rings. The Kier molecular flexibility index (Phi) is 7.46. The molecule has 0 aromatic heterocycles. The lowest BCUT2D eigenvalue weighted by Crippen LogP contribution is -2.35. The molecule has 132 valence electrons. The number of hydrogen-bond acceptors (Lipinski definition) is 4. The first-order valence-corrected chi connectivity index (χ1v) is 8.31. The number of hydrogen-bond donors (Lipinski definition) is 4. The first-order chi connectivity index (χ1) is 12.2. The first-order valence-electron chi connectivity index (χ1n) is 8.31. The van der Waals surface area contributed by atoms with E-state index in [9.17, 15) is 9.59 Å². The fourth-order valence-electron chi connectivity index (χ4n) is 2.21. The quantitative estimate of drug-likeness (QED) is 0.439. The van der Waals surface area contributed by atoms with Gasteiger partial charge in [0.05, 0.1) is 0 Å². The Morgan fingerprint density at radius 1 is 0.760 bits per heavy atom. The third kappa shape index (κ3) is 6.64. The number of nitrogens with one attached hydrogen (secondary N) is 3. The van der Waals surface area contributed by atoms with Gasteiger partial charge in [0.1, 0.15) is 0 Å². The van der Waals surface area contributed by atoms with Crippen molar-refractivity contribution >= 4 is 28.9 Å². The zero-order valence-electron chi connectivity index (χ0n) is 14.0. The maximum atomic E-state index is 11.8. The highest BCUT2D eigenvalue weighted by atomic mass is 16.3. The minimum absolute atomic E-state index is 0.142. The average Bonchev–Trinajstić information content (AvgIpc) is 2.64. The van der Waals surface area contributed by atoms with Crippen LogP contribution in [-0.4, -0.2) is 30.1 Å². The Bertz CT molecular complexity index is 672. The molecule has 2 rings (SSSR count). The van der Waals surface area contributed by atoms with Gasteiger partial charge in [-0.25, -0.2) is 0 Å². The van der Waals surface area contributed by atoms with Crippen molar-refractivity contribution in [3.8, 4) is 0 Å². The molecule has 0 aliphatic heterocycles. The van der Waals surface area contributed by atoms with Crippen LogP contribution < -0.4 is 16.0 Å². The molecule has 0 atom stereocenters. The molecule has 0 heterocycles. The summed E-state index contributed by atoms with van der Waals surface area (Å²) in [6.07, 6.45) is 2.25. The van der Waals surface area contributed by atoms with Crippen molar-refractivity contribution in [2.45, 2.75) is 19.3 Å². The molecule has 0 unspecified atom stereocenters. The third-order valence-corrected chi connectivity index (χ3v) is 3.53. The number of unbranched alkanes of at least 4 members (excludes halogenated alkanes) is 2. The largest absolute Gasteiger partial charge is 0.396 e. The van der Waals surface area contributed by atoms with E-state index in [4.69, 9.17) is 5.11 Å². The minimum Gasteiger partial charge on any atom is -0.396 e. The van der Waals surface area contributed by atoms with E-state index in [-0.39, 0.29) is 6.61 Å². The molecule has 4 N–H and O–H groups in total. The van der Waals surface area contributed by atoms with Gasteiger partial charge in [0, 0.05) is 30.2 Å². The van der Waals surface area contributed by atoms with Crippen LogP contribution in [0.15, 0.2) is 54.6 Å². The summed E-state index contributed by atoms with van der Waals surface area (Å²) in [5, 5.41) is 17.0. The lowest BCUT2D eigenvalue weighted by Gasteiger charge is -2.09. The zero-order valence-corrected chi connectivity index (χ0v) is 14.0. The molecule has 0 spiro atoms. The van der Waals surface area contributed by atoms with Crippen LogP contribution in [0.5, 0.6) is 0 Å². The van der Waals surface area contributed by atoms with Crippen molar-refractivity contribution in [3.05, 3.63) is 54.6 Å². The fraction of sp³-hybridized carbons (Fsp3) is 0.263. The van der Waals surface area contributed by atoms with Crippen molar-refractivity contribution in [1.82, 2.24) is 5.32 Å². The average molecular weight is 341 g/mol. The third-order valence-electron chi connectivity index (χ3n) is 3.53. The summed E-state index contributed by atoms with van der Waals surface area (Å²) < 4.78 is 0. The Labute approximate surface area is 147 Å². The molecule has 0 saturated heterocycles. The van der Waals surface area contributed by atoms with Crippen LogP contribution in [0, 0.1) is 0 Å². The van der Waals surface area contributed by atoms with E-state index in [1.165, 1.54) is 0 Å². The summed E-state index contributed by atoms with van der Waals surface area (Å²) in [6.45, 7) is 0.565. The van der Waals surface area contributed by atoms with Gasteiger partial charge in [0.2, 0.25) is 0 Å². The molecule has 0 bridgehead atoms. The lowest BCUT2D eigenvalue weighted by atomic mass is 10.2. The van der Waals surface area contributed by atoms with Gasteiger partial charge >= 0.3 is 11.8 Å². The number of para-hydroxylation sites is 1. The van der Waals surface area contributed by atoms with Gasteiger partial charge in [-0.05, 0) is 55.7 Å². The van der Waals surface area contributed by atoms with E-state index in [1.54, 1.807) is 12.1 Å². The fourth-order valence-corrected chi connectivity index (χ4v) is 2.21. The molecule has 6 nitrogen and oxygen atoms in total. The van der Waals surface area contributed by atoms with Crippen LogP contribution in [0.3, 0.4) is 0 Å². The SMILES string of the molecule is O=C(NCCCCCO)C(=O)Nc1ccc(Nc2ccccc2)cc1. The maximum Gasteiger partial charge on any atom is 0.313 e. The number of amides is 2. The van der Waals surface area contributed by atoms with E-state index < -0.39 is 11.8 Å². The summed E-state index contributed by atoms with van der Waals surface area (Å²) >= 11 is 0. The number of aliphatic hydroxyl groups is 1. The standard InChI is InChI=1S/C19H23N3O3/c23-14-6-2-5-13-20-18(24)19(25)22-17-11-9-16(10-12-17)21-15-7-3-1-4-8-15/h1,3-4,7-12,21,23H,2,5-6,13-14H2,(H,20,24)(H,22,25). The number of aliphatic hydroxyl groups excluding tert-OH is 1. The van der Waals surface area contributed by atoms with Crippen molar-refractivity contribution in [2.24, 2.45) is 0 Å². The highest BCUT2D eigenvalue weighted by molar-refractivity contribution is 6.39. The summed E-state index contributed by atoms with van der Waals surface area (Å²) in [7, 11) is 0. The van der Waals surface area contributed by atoms with Crippen LogP contribution >= 0.6 is 0 Å². The van der Waals surface area contributed by atoms with E-state index >= 15 is 0 Å². The molecule has 0 aliphatic rings. The summed E-state index contributed by atoms with van der Waals surface area (Å²) in [5.41, 5.74) is 2.41. The lowest BCUT2D eigenvalue weighted by molar-refractivity contribution is -0.136. The molecule has 0 radical (unpaired) electrons. The van der Waals surface area contributed by atoms with Gasteiger partial charge in [-0.1, -0.05) is 18.2 Å². The van der Waals surface area contributed by atoms with E-state index in [2.05, 4.69) is 16.0 Å². The van der Waals surface area contributed by atoms with E-state index in [0.717, 1.165) is 24.2 Å². The van der Waals surface area contributed by atoms with Crippen LogP contribution in [0.1, 0.15) is 19.3 Å². The second-order valence-corrected chi connectivity index (χ2v) is 5.56. The minimum atomic E-state index is -0.689. The second kappa shape index (κ2) is 10.1. The van der Waals surface area contributed by atoms with Crippen molar-refractivity contribution in [2.75, 3.05) is 23.8 Å². The Morgan fingerprint density at radius 2 is 1.40 bits per heavy atom. The van der Waals surface area contributed by atoms with Crippen molar-refractivity contribution in [1.29, 1.82) is 0 Å². The zero-order chi connectivity index (χ0) is 17.9. The number of anilines is 3. The number of carbonyl (C=O) groups excluding carboxylic acids is 2. The predicted molar refractivity (Wildman–Crippen MR) is 98.7 cm³/mol. The molecule has 0 fully saturated rings. The number of rotatable bonds is 8. The predicted octanol–water partition coefficient (Wildman–Crippen LogP) is 2.65. The van der Waals surface area contributed by atoms with Crippen LogP contribution in [0.25, 0.3) is 0 Å². The number of benzene rings is 2. The molecule has 2 aromatic carbocycles. The van der Waals surface area contributed by atoms with Crippen LogP contribution in [0.4, 0.5) is 17.1 Å². The van der Waals surface area contributed by atoms with Gasteiger partial charge in [-0.15, -0.1) is 0 Å². The molecule has 25 heavy (non-hydrogen) atoms. The molecule has 2 amide bonds. The van der Waals surface area contributed by atoms with E-state index in [0.29, 0.717) is 18.7 Å². The molecule has 0 saturated carbocycles. The van der Waals surface area contributed by atoms with Gasteiger partial charge in [0.25, 0.3) is 0 Å². The van der Waals surface area contributed by atoms with Crippen LogP contribution in [-0.2, 0) is 9.59 Å². The molecule has 6 heteroatoms. The normalized spacial score (nSPS) is 10.1. The van der Waals surface area contributed by atoms with Gasteiger partial charge in [-0.3, -0.25) is 9.59 Å². The number of carbonyl (C=O) groups is 2. The van der Waals surface area contributed by atoms with E-state index in [1.807, 2.05) is 42.5 Å². The molecular weight excluding hydrogens is 318 g/mol. The Hall–Kier alpha value is -2.86. The summed E-state index contributed by atoms with van der Waals surface area (Å²) in [5.74, 6) is -1.35. The Balaban J connectivity index is 1.78. The van der Waals surface area contributed by atoms with Gasteiger partial charge in [-0.2, -0.15) is 0 Å². The molecule has 0 aliphatic carbocycles. The van der Waals surface area contributed by atoms with Gasteiger partial charge in [0.15, 0.2) is 0 Å². The topological polar surface area (TPSA) is 90.5 Å². The van der Waals surface area contributed by atoms with Gasteiger partial charge < -0.3 is 21.1 Å². The highest BCUT2D eigenvalue weighted by Crippen LogP contribution is 2.18. The Morgan fingerprint density at radius 3 is 2.08 bits per heavy atom. The smallest absolute Gasteiger partial charge is 0.313 e.